The van der Waals surface area contributed by atoms with Crippen molar-refractivity contribution in [1.29, 1.82) is 0 Å². The largest absolute Gasteiger partial charge is 0.481 e. The fourth-order valence-electron chi connectivity index (χ4n) is 4.85. The van der Waals surface area contributed by atoms with Crippen LogP contribution in [0.5, 0.6) is 0 Å². The Labute approximate surface area is 219 Å². The number of carbonyl (C=O) groups is 2. The number of nitrogens with one attached hydrogen (secondary N) is 1. The third kappa shape index (κ3) is 4.95. The fraction of sp³-hybridized carbons (Fsp3) is 0.207. The summed E-state index contributed by atoms with van der Waals surface area (Å²) in [5, 5.41) is 17.1. The molecule has 0 bridgehead atoms. The van der Waals surface area contributed by atoms with Crippen molar-refractivity contribution in [3.05, 3.63) is 94.6 Å². The number of carboxylic acid groups (broad SMARTS) is 1. The second kappa shape index (κ2) is 10.1. The molecule has 1 heterocycles. The number of fused-ring (bicyclic) bond motifs is 1. The first-order chi connectivity index (χ1) is 17.8. The van der Waals surface area contributed by atoms with E-state index in [4.69, 9.17) is 16.3 Å². The van der Waals surface area contributed by atoms with E-state index in [2.05, 4.69) is 16.5 Å². The number of hydrogen-bond acceptors (Lipinski definition) is 4. The molecule has 2 atom stereocenters. The molecule has 1 aliphatic rings. The lowest BCUT2D eigenvalue weighted by Crippen LogP contribution is -2.18. The molecule has 0 spiro atoms. The van der Waals surface area contributed by atoms with Gasteiger partial charge >= 0.3 is 12.1 Å². The van der Waals surface area contributed by atoms with Gasteiger partial charge in [-0.15, -0.1) is 0 Å². The molecular formula is C29H26ClN3O4. The third-order valence-electron chi connectivity index (χ3n) is 6.83. The van der Waals surface area contributed by atoms with Gasteiger partial charge in [-0.1, -0.05) is 72.3 Å². The van der Waals surface area contributed by atoms with Crippen LogP contribution in [-0.2, 0) is 23.0 Å². The van der Waals surface area contributed by atoms with E-state index in [0.29, 0.717) is 17.3 Å². The molecule has 1 aliphatic carbocycles. The minimum absolute atomic E-state index is 0.415. The number of benzene rings is 3. The van der Waals surface area contributed by atoms with Crippen molar-refractivity contribution in [2.45, 2.75) is 31.8 Å². The maximum Gasteiger partial charge on any atom is 0.413 e. The molecule has 1 aromatic heterocycles. The van der Waals surface area contributed by atoms with Crippen molar-refractivity contribution < 1.29 is 19.4 Å². The van der Waals surface area contributed by atoms with Crippen LogP contribution in [0, 0.1) is 0 Å². The van der Waals surface area contributed by atoms with E-state index < -0.39 is 24.1 Å². The van der Waals surface area contributed by atoms with Gasteiger partial charge in [-0.05, 0) is 53.6 Å². The quantitative estimate of drug-likeness (QED) is 0.293. The molecule has 5 rings (SSSR count). The maximum atomic E-state index is 12.7. The number of nitrogens with zero attached hydrogens (tertiary/aromatic N) is 2. The van der Waals surface area contributed by atoms with Gasteiger partial charge in [0.2, 0.25) is 0 Å². The Hall–Kier alpha value is -4.10. The summed E-state index contributed by atoms with van der Waals surface area (Å²) in [6, 6.07) is 21.2. The van der Waals surface area contributed by atoms with E-state index in [1.807, 2.05) is 54.6 Å². The summed E-state index contributed by atoms with van der Waals surface area (Å²) in [6.07, 6.45) is 1.98. The molecule has 2 unspecified atom stereocenters. The van der Waals surface area contributed by atoms with Crippen molar-refractivity contribution in [2.75, 3.05) is 5.32 Å². The summed E-state index contributed by atoms with van der Waals surface area (Å²) >= 11 is 6.23. The summed E-state index contributed by atoms with van der Waals surface area (Å²) in [4.78, 5) is 24.2. The summed E-state index contributed by atoms with van der Waals surface area (Å²) in [5.74, 6) is -0.664. The normalized spacial score (nSPS) is 15.2. The lowest BCUT2D eigenvalue weighted by molar-refractivity contribution is -0.138. The number of carboxylic acids is 1. The predicted octanol–water partition coefficient (Wildman–Crippen LogP) is 6.83. The third-order valence-corrected chi connectivity index (χ3v) is 7.18. The fourth-order valence-corrected chi connectivity index (χ4v) is 5.14. The van der Waals surface area contributed by atoms with Crippen molar-refractivity contribution in [3.8, 4) is 22.3 Å². The molecule has 3 aromatic carbocycles. The maximum absolute atomic E-state index is 12.7. The van der Waals surface area contributed by atoms with Crippen LogP contribution in [0.25, 0.3) is 22.3 Å². The van der Waals surface area contributed by atoms with E-state index in [1.165, 1.54) is 0 Å². The van der Waals surface area contributed by atoms with E-state index in [1.54, 1.807) is 30.9 Å². The first kappa shape index (κ1) is 24.6. The van der Waals surface area contributed by atoms with Crippen molar-refractivity contribution >= 4 is 29.5 Å². The smallest absolute Gasteiger partial charge is 0.413 e. The topological polar surface area (TPSA) is 93.4 Å². The van der Waals surface area contributed by atoms with Gasteiger partial charge in [-0.25, -0.2) is 4.79 Å². The number of carbonyl (C=O) groups excluding carboxylic acids is 1. The van der Waals surface area contributed by atoms with Crippen LogP contribution in [-0.4, -0.2) is 26.9 Å². The lowest BCUT2D eigenvalue weighted by Gasteiger charge is -2.16. The molecule has 0 fully saturated rings. The molecular weight excluding hydrogens is 490 g/mol. The van der Waals surface area contributed by atoms with Crippen LogP contribution < -0.4 is 5.32 Å². The van der Waals surface area contributed by atoms with Crippen molar-refractivity contribution in [1.82, 2.24) is 9.78 Å². The van der Waals surface area contributed by atoms with Gasteiger partial charge in [0.15, 0.2) is 0 Å². The zero-order valence-corrected chi connectivity index (χ0v) is 21.2. The number of aromatic nitrogens is 2. The average molecular weight is 516 g/mol. The Morgan fingerprint density at radius 2 is 1.78 bits per heavy atom. The standard InChI is InChI=1S/C29H26ClN3O4/c1-17(22-5-3-4-6-26(22)30)37-29(36)32-27-25(16-31-33(27)2)19-9-7-18(8-10-19)20-11-13-23-21(15-20)12-14-24(23)28(34)35/h3-11,13,15-17,24H,12,14H2,1-2H3,(H,32,36)(H,34,35). The van der Waals surface area contributed by atoms with Crippen molar-refractivity contribution in [3.63, 3.8) is 0 Å². The Balaban J connectivity index is 1.32. The highest BCUT2D eigenvalue weighted by molar-refractivity contribution is 6.31. The van der Waals surface area contributed by atoms with Gasteiger partial charge in [0.05, 0.1) is 12.1 Å². The van der Waals surface area contributed by atoms with Crippen LogP contribution >= 0.6 is 11.6 Å². The monoisotopic (exact) mass is 515 g/mol. The summed E-state index contributed by atoms with van der Waals surface area (Å²) in [5.41, 5.74) is 6.44. The van der Waals surface area contributed by atoms with Gasteiger partial charge < -0.3 is 9.84 Å². The number of anilines is 1. The summed E-state index contributed by atoms with van der Waals surface area (Å²) in [7, 11) is 1.75. The van der Waals surface area contributed by atoms with Gasteiger partial charge in [0, 0.05) is 23.2 Å². The molecule has 188 valence electrons. The number of aliphatic carboxylic acids is 1. The molecule has 37 heavy (non-hydrogen) atoms. The van der Waals surface area contributed by atoms with Crippen LogP contribution in [0.3, 0.4) is 0 Å². The Bertz CT molecular complexity index is 1480. The van der Waals surface area contributed by atoms with Gasteiger partial charge in [0.1, 0.15) is 11.9 Å². The Morgan fingerprint density at radius 3 is 2.51 bits per heavy atom. The summed E-state index contributed by atoms with van der Waals surface area (Å²) in [6.45, 7) is 1.77. The highest BCUT2D eigenvalue weighted by Crippen LogP contribution is 2.37. The van der Waals surface area contributed by atoms with E-state index in [-0.39, 0.29) is 0 Å². The zero-order valence-electron chi connectivity index (χ0n) is 20.4. The van der Waals surface area contributed by atoms with Crippen LogP contribution in [0.2, 0.25) is 5.02 Å². The minimum atomic E-state index is -0.765. The number of aryl methyl sites for hydroxylation is 2. The molecule has 2 N–H and O–H groups in total. The Morgan fingerprint density at radius 1 is 1.08 bits per heavy atom. The second-order valence-electron chi connectivity index (χ2n) is 9.14. The molecule has 8 heteroatoms. The molecule has 0 radical (unpaired) electrons. The zero-order chi connectivity index (χ0) is 26.1. The number of ether oxygens (including phenoxy) is 1. The first-order valence-corrected chi connectivity index (χ1v) is 12.4. The molecule has 1 amide bonds. The second-order valence-corrected chi connectivity index (χ2v) is 9.55. The number of amides is 1. The number of hydrogen-bond donors (Lipinski definition) is 2. The van der Waals surface area contributed by atoms with Gasteiger partial charge in [-0.3, -0.25) is 14.8 Å². The number of halogens is 1. The highest BCUT2D eigenvalue weighted by atomic mass is 35.5. The molecule has 0 aliphatic heterocycles. The van der Waals surface area contributed by atoms with E-state index >= 15 is 0 Å². The highest BCUT2D eigenvalue weighted by Gasteiger charge is 2.28. The van der Waals surface area contributed by atoms with Crippen LogP contribution in [0.1, 0.15) is 42.1 Å². The van der Waals surface area contributed by atoms with E-state index in [9.17, 15) is 14.7 Å². The number of rotatable bonds is 6. The Kier molecular flexibility index (Phi) is 6.72. The molecule has 7 nitrogen and oxygen atoms in total. The minimum Gasteiger partial charge on any atom is -0.481 e. The van der Waals surface area contributed by atoms with Gasteiger partial charge in [-0.2, -0.15) is 5.10 Å². The average Bonchev–Trinajstić information content (AvgIpc) is 3.47. The molecule has 0 saturated heterocycles. The van der Waals surface area contributed by atoms with Gasteiger partial charge in [0.25, 0.3) is 0 Å². The lowest BCUT2D eigenvalue weighted by atomic mass is 9.96. The van der Waals surface area contributed by atoms with Crippen molar-refractivity contribution in [2.24, 2.45) is 7.05 Å². The first-order valence-electron chi connectivity index (χ1n) is 12.0. The summed E-state index contributed by atoms with van der Waals surface area (Å²) < 4.78 is 7.15. The van der Waals surface area contributed by atoms with Crippen LogP contribution in [0.4, 0.5) is 10.6 Å². The molecule has 4 aromatic rings. The molecule has 0 saturated carbocycles. The van der Waals surface area contributed by atoms with E-state index in [0.717, 1.165) is 45.4 Å². The SMILES string of the molecule is CC(OC(=O)Nc1c(-c2ccc(-c3ccc4c(c3)CCC4C(=O)O)cc2)cnn1C)c1ccccc1Cl. The van der Waals surface area contributed by atoms with Crippen LogP contribution in [0.15, 0.2) is 72.9 Å². The predicted molar refractivity (Wildman–Crippen MR) is 143 cm³/mol.